The number of nitrogens with zero attached hydrogens (tertiary/aromatic N) is 1. The summed E-state index contributed by atoms with van der Waals surface area (Å²) in [6.07, 6.45) is 11.7. The highest BCUT2D eigenvalue weighted by molar-refractivity contribution is 4.93. The lowest BCUT2D eigenvalue weighted by molar-refractivity contribution is 0.0250. The molecule has 0 bridgehead atoms. The molecule has 1 saturated carbocycles. The Morgan fingerprint density at radius 1 is 1.19 bits per heavy atom. The van der Waals surface area contributed by atoms with Gasteiger partial charge in [-0.1, -0.05) is 25.0 Å². The smallest absolute Gasteiger partial charge is 0.0583 e. The maximum atomic E-state index is 10.1. The Labute approximate surface area is 99.3 Å². The minimum absolute atomic E-state index is 0.0371. The highest BCUT2D eigenvalue weighted by Crippen LogP contribution is 2.34. The zero-order chi connectivity index (χ0) is 11.4. The first-order chi connectivity index (χ1) is 7.83. The number of likely N-dealkylation sites (tertiary alicyclic amines) is 1. The van der Waals surface area contributed by atoms with Crippen LogP contribution in [0.4, 0.5) is 0 Å². The standard InChI is InChI=1S/C14H25NO/c1-2-3-10-15-11-6-8-13(15)12-7-4-5-9-14(12)16/h2-3,12-14,16H,4-11H2,1H3/b3-2+. The fraction of sp³-hybridized carbons (Fsp3) is 0.857. The Hall–Kier alpha value is -0.340. The molecule has 2 fully saturated rings. The minimum atomic E-state index is -0.0371. The Morgan fingerprint density at radius 2 is 2.00 bits per heavy atom. The molecule has 16 heavy (non-hydrogen) atoms. The van der Waals surface area contributed by atoms with Gasteiger partial charge in [0.05, 0.1) is 6.10 Å². The van der Waals surface area contributed by atoms with Crippen LogP contribution in [-0.2, 0) is 0 Å². The fourth-order valence-corrected chi connectivity index (χ4v) is 3.39. The van der Waals surface area contributed by atoms with Gasteiger partial charge < -0.3 is 5.11 Å². The van der Waals surface area contributed by atoms with Crippen LogP contribution in [0.25, 0.3) is 0 Å². The van der Waals surface area contributed by atoms with E-state index in [0.717, 1.165) is 13.0 Å². The summed E-state index contributed by atoms with van der Waals surface area (Å²) in [5.41, 5.74) is 0. The average molecular weight is 223 g/mol. The van der Waals surface area contributed by atoms with E-state index in [4.69, 9.17) is 0 Å². The van der Waals surface area contributed by atoms with Crippen molar-refractivity contribution >= 4 is 0 Å². The maximum Gasteiger partial charge on any atom is 0.0583 e. The molecule has 3 unspecified atom stereocenters. The van der Waals surface area contributed by atoms with E-state index in [9.17, 15) is 5.11 Å². The van der Waals surface area contributed by atoms with Gasteiger partial charge in [0.1, 0.15) is 0 Å². The second-order valence-electron chi connectivity index (χ2n) is 5.29. The van der Waals surface area contributed by atoms with Gasteiger partial charge >= 0.3 is 0 Å². The number of aliphatic hydroxyl groups excluding tert-OH is 1. The lowest BCUT2D eigenvalue weighted by atomic mass is 9.80. The Kier molecular flexibility index (Phi) is 4.42. The van der Waals surface area contributed by atoms with Crippen LogP contribution >= 0.6 is 0 Å². The SMILES string of the molecule is C/C=C/CN1CCCC1C1CCCCC1O. The zero-order valence-electron chi connectivity index (χ0n) is 10.4. The number of rotatable bonds is 3. The maximum absolute atomic E-state index is 10.1. The molecule has 0 spiro atoms. The van der Waals surface area contributed by atoms with Crippen molar-refractivity contribution in [2.24, 2.45) is 5.92 Å². The van der Waals surface area contributed by atoms with Gasteiger partial charge in [-0.25, -0.2) is 0 Å². The second kappa shape index (κ2) is 5.83. The van der Waals surface area contributed by atoms with E-state index in [1.807, 2.05) is 0 Å². The van der Waals surface area contributed by atoms with Crippen LogP contribution in [0, 0.1) is 5.92 Å². The third-order valence-electron chi connectivity index (χ3n) is 4.27. The van der Waals surface area contributed by atoms with E-state index < -0.39 is 0 Å². The molecule has 2 rings (SSSR count). The number of allylic oxidation sites excluding steroid dienone is 1. The first-order valence-electron chi connectivity index (χ1n) is 6.86. The molecule has 0 aromatic carbocycles. The first-order valence-corrected chi connectivity index (χ1v) is 6.86. The summed E-state index contributed by atoms with van der Waals surface area (Å²) in [6, 6.07) is 0.645. The van der Waals surface area contributed by atoms with Crippen molar-refractivity contribution in [3.8, 4) is 0 Å². The molecule has 0 radical (unpaired) electrons. The molecule has 92 valence electrons. The molecule has 1 saturated heterocycles. The molecular weight excluding hydrogens is 198 g/mol. The van der Waals surface area contributed by atoms with E-state index in [0.29, 0.717) is 12.0 Å². The van der Waals surface area contributed by atoms with Crippen LogP contribution < -0.4 is 0 Å². The quantitative estimate of drug-likeness (QED) is 0.743. The summed E-state index contributed by atoms with van der Waals surface area (Å²) in [5.74, 6) is 0.543. The number of aliphatic hydroxyl groups is 1. The summed E-state index contributed by atoms with van der Waals surface area (Å²) in [5, 5.41) is 10.1. The van der Waals surface area contributed by atoms with Crippen molar-refractivity contribution in [3.63, 3.8) is 0 Å². The van der Waals surface area contributed by atoms with E-state index in [2.05, 4.69) is 24.0 Å². The van der Waals surface area contributed by atoms with Crippen LogP contribution in [-0.4, -0.2) is 35.2 Å². The fourth-order valence-electron chi connectivity index (χ4n) is 3.39. The van der Waals surface area contributed by atoms with Gasteiger partial charge in [0, 0.05) is 18.5 Å². The first kappa shape index (κ1) is 12.1. The molecule has 1 aliphatic carbocycles. The van der Waals surface area contributed by atoms with E-state index in [1.165, 1.54) is 38.6 Å². The molecule has 1 aliphatic heterocycles. The van der Waals surface area contributed by atoms with Crippen molar-refractivity contribution in [2.45, 2.75) is 57.6 Å². The molecule has 2 nitrogen and oxygen atoms in total. The normalized spacial score (nSPS) is 37.2. The Bertz CT molecular complexity index is 239. The van der Waals surface area contributed by atoms with Crippen molar-refractivity contribution in [1.29, 1.82) is 0 Å². The van der Waals surface area contributed by atoms with Crippen LogP contribution in [0.3, 0.4) is 0 Å². The summed E-state index contributed by atoms with van der Waals surface area (Å²) < 4.78 is 0. The van der Waals surface area contributed by atoms with E-state index >= 15 is 0 Å². The van der Waals surface area contributed by atoms with E-state index in [-0.39, 0.29) is 6.10 Å². The summed E-state index contributed by atoms with van der Waals surface area (Å²) >= 11 is 0. The lowest BCUT2D eigenvalue weighted by Gasteiger charge is -2.36. The Morgan fingerprint density at radius 3 is 2.75 bits per heavy atom. The van der Waals surface area contributed by atoms with Crippen LogP contribution in [0.5, 0.6) is 0 Å². The van der Waals surface area contributed by atoms with Gasteiger partial charge in [0.15, 0.2) is 0 Å². The molecule has 0 aromatic heterocycles. The third kappa shape index (κ3) is 2.67. The minimum Gasteiger partial charge on any atom is -0.393 e. The molecule has 3 atom stereocenters. The highest BCUT2D eigenvalue weighted by atomic mass is 16.3. The number of hydrogen-bond acceptors (Lipinski definition) is 2. The Balaban J connectivity index is 1.95. The molecule has 2 aliphatic rings. The predicted molar refractivity (Wildman–Crippen MR) is 67.4 cm³/mol. The molecule has 1 heterocycles. The van der Waals surface area contributed by atoms with Gasteiger partial charge in [-0.2, -0.15) is 0 Å². The van der Waals surface area contributed by atoms with Crippen molar-refractivity contribution in [2.75, 3.05) is 13.1 Å². The van der Waals surface area contributed by atoms with Gasteiger partial charge in [-0.05, 0) is 39.2 Å². The zero-order valence-corrected chi connectivity index (χ0v) is 10.4. The van der Waals surface area contributed by atoms with Crippen molar-refractivity contribution < 1.29 is 5.11 Å². The summed E-state index contributed by atoms with van der Waals surface area (Å²) in [7, 11) is 0. The van der Waals surface area contributed by atoms with E-state index in [1.54, 1.807) is 0 Å². The molecule has 2 heteroatoms. The van der Waals surface area contributed by atoms with Crippen molar-refractivity contribution in [3.05, 3.63) is 12.2 Å². The molecule has 1 N–H and O–H groups in total. The third-order valence-corrected chi connectivity index (χ3v) is 4.27. The highest BCUT2D eigenvalue weighted by Gasteiger charge is 2.36. The van der Waals surface area contributed by atoms with Gasteiger partial charge in [-0.3, -0.25) is 4.90 Å². The summed E-state index contributed by atoms with van der Waals surface area (Å²) in [6.45, 7) is 4.38. The van der Waals surface area contributed by atoms with Crippen LogP contribution in [0.15, 0.2) is 12.2 Å². The second-order valence-corrected chi connectivity index (χ2v) is 5.29. The molecule has 0 amide bonds. The lowest BCUT2D eigenvalue weighted by Crippen LogP contribution is -2.42. The monoisotopic (exact) mass is 223 g/mol. The molecule has 0 aromatic rings. The van der Waals surface area contributed by atoms with Gasteiger partial charge in [0.2, 0.25) is 0 Å². The topological polar surface area (TPSA) is 23.5 Å². The largest absolute Gasteiger partial charge is 0.393 e. The number of hydrogen-bond donors (Lipinski definition) is 1. The van der Waals surface area contributed by atoms with Gasteiger partial charge in [-0.15, -0.1) is 0 Å². The van der Waals surface area contributed by atoms with Crippen LogP contribution in [0.2, 0.25) is 0 Å². The van der Waals surface area contributed by atoms with Crippen LogP contribution in [0.1, 0.15) is 45.4 Å². The van der Waals surface area contributed by atoms with Gasteiger partial charge in [0.25, 0.3) is 0 Å². The molecular formula is C14H25NO. The predicted octanol–water partition coefficient (Wildman–Crippen LogP) is 2.58. The van der Waals surface area contributed by atoms with Crippen molar-refractivity contribution in [1.82, 2.24) is 4.90 Å². The average Bonchev–Trinajstić information content (AvgIpc) is 2.75. The summed E-state index contributed by atoms with van der Waals surface area (Å²) in [4.78, 5) is 2.57.